The fourth-order valence-corrected chi connectivity index (χ4v) is 2.36. The monoisotopic (exact) mass is 285 g/mol. The average molecular weight is 285 g/mol. The number of likely N-dealkylation sites (tertiary alicyclic amines) is 1. The minimum Gasteiger partial charge on any atom is -0.444 e. The Labute approximate surface area is 123 Å². The van der Waals surface area contributed by atoms with E-state index >= 15 is 0 Å². The third-order valence-electron chi connectivity index (χ3n) is 3.57. The molecule has 118 valence electrons. The number of likely N-dealkylation sites (N-methyl/N-ethyl adjacent to an activating group) is 1. The molecule has 5 heteroatoms. The van der Waals surface area contributed by atoms with Gasteiger partial charge in [0.15, 0.2) is 0 Å². The molecule has 0 aromatic heterocycles. The molecule has 0 aromatic rings. The SMILES string of the molecule is CC(CNC(=O)OC(C)(C)C)NCC1CCCCN1C. The average Bonchev–Trinajstić information content (AvgIpc) is 2.33. The van der Waals surface area contributed by atoms with Crippen LogP contribution in [0.5, 0.6) is 0 Å². The normalized spacial score (nSPS) is 22.4. The lowest BCUT2D eigenvalue weighted by atomic mass is 10.0. The van der Waals surface area contributed by atoms with E-state index < -0.39 is 5.60 Å². The maximum Gasteiger partial charge on any atom is 0.407 e. The number of carbonyl (C=O) groups is 1. The fraction of sp³-hybridized carbons (Fsp3) is 0.933. The van der Waals surface area contributed by atoms with E-state index in [0.717, 1.165) is 6.54 Å². The quantitative estimate of drug-likeness (QED) is 0.811. The van der Waals surface area contributed by atoms with Crippen LogP contribution in [-0.4, -0.2) is 55.4 Å². The molecule has 0 aliphatic carbocycles. The zero-order valence-corrected chi connectivity index (χ0v) is 13.7. The van der Waals surface area contributed by atoms with Crippen molar-refractivity contribution in [2.24, 2.45) is 0 Å². The van der Waals surface area contributed by atoms with Crippen molar-refractivity contribution >= 4 is 6.09 Å². The van der Waals surface area contributed by atoms with Crippen LogP contribution in [0.25, 0.3) is 0 Å². The second-order valence-corrected chi connectivity index (χ2v) is 6.82. The molecule has 0 bridgehead atoms. The van der Waals surface area contributed by atoms with Crippen LogP contribution in [0.2, 0.25) is 0 Å². The molecule has 0 aromatic carbocycles. The van der Waals surface area contributed by atoms with Crippen molar-refractivity contribution in [1.82, 2.24) is 15.5 Å². The molecular weight excluding hydrogens is 254 g/mol. The van der Waals surface area contributed by atoms with Crippen LogP contribution in [0.4, 0.5) is 4.79 Å². The number of carbonyl (C=O) groups excluding carboxylic acids is 1. The summed E-state index contributed by atoms with van der Waals surface area (Å²) >= 11 is 0. The molecule has 2 atom stereocenters. The van der Waals surface area contributed by atoms with Gasteiger partial charge in [0.25, 0.3) is 0 Å². The first-order chi connectivity index (χ1) is 9.28. The molecule has 1 aliphatic heterocycles. The number of ether oxygens (including phenoxy) is 1. The van der Waals surface area contributed by atoms with E-state index in [9.17, 15) is 4.79 Å². The lowest BCUT2D eigenvalue weighted by Gasteiger charge is -2.33. The second-order valence-electron chi connectivity index (χ2n) is 6.82. The Hall–Kier alpha value is -0.810. The van der Waals surface area contributed by atoms with Gasteiger partial charge in [-0.2, -0.15) is 0 Å². The van der Waals surface area contributed by atoms with E-state index in [-0.39, 0.29) is 12.1 Å². The van der Waals surface area contributed by atoms with Gasteiger partial charge < -0.3 is 20.3 Å². The van der Waals surface area contributed by atoms with E-state index in [4.69, 9.17) is 4.74 Å². The standard InChI is InChI=1S/C15H31N3O2/c1-12(10-17-14(19)20-15(2,3)4)16-11-13-8-6-7-9-18(13)5/h12-13,16H,6-11H2,1-5H3,(H,17,19). The van der Waals surface area contributed by atoms with Crippen LogP contribution in [-0.2, 0) is 4.74 Å². The smallest absolute Gasteiger partial charge is 0.407 e. The van der Waals surface area contributed by atoms with E-state index in [1.54, 1.807) is 0 Å². The molecule has 1 saturated heterocycles. The zero-order valence-electron chi connectivity index (χ0n) is 13.7. The first-order valence-electron chi connectivity index (χ1n) is 7.68. The lowest BCUT2D eigenvalue weighted by molar-refractivity contribution is 0.0522. The summed E-state index contributed by atoms with van der Waals surface area (Å²) in [4.78, 5) is 14.0. The first-order valence-corrected chi connectivity index (χ1v) is 7.68. The predicted octanol–water partition coefficient (Wildman–Crippen LogP) is 1.97. The summed E-state index contributed by atoms with van der Waals surface area (Å²) in [6.07, 6.45) is 3.54. The summed E-state index contributed by atoms with van der Waals surface area (Å²) in [5, 5.41) is 6.29. The fourth-order valence-electron chi connectivity index (χ4n) is 2.36. The molecule has 1 rings (SSSR count). The van der Waals surface area contributed by atoms with Gasteiger partial charge in [-0.25, -0.2) is 4.79 Å². The summed E-state index contributed by atoms with van der Waals surface area (Å²) < 4.78 is 5.21. The third kappa shape index (κ3) is 7.10. The van der Waals surface area contributed by atoms with Gasteiger partial charge in [-0.3, -0.25) is 0 Å². The van der Waals surface area contributed by atoms with Gasteiger partial charge >= 0.3 is 6.09 Å². The van der Waals surface area contributed by atoms with Gasteiger partial charge in [0.05, 0.1) is 0 Å². The summed E-state index contributed by atoms with van der Waals surface area (Å²) in [7, 11) is 2.19. The molecule has 2 N–H and O–H groups in total. The van der Waals surface area contributed by atoms with Crippen molar-refractivity contribution in [2.75, 3.05) is 26.7 Å². The number of hydrogen-bond donors (Lipinski definition) is 2. The molecule has 2 unspecified atom stereocenters. The van der Waals surface area contributed by atoms with Crippen molar-refractivity contribution < 1.29 is 9.53 Å². The number of rotatable bonds is 5. The molecule has 0 saturated carbocycles. The molecule has 1 fully saturated rings. The number of nitrogens with one attached hydrogen (secondary N) is 2. The number of nitrogens with zero attached hydrogens (tertiary/aromatic N) is 1. The van der Waals surface area contributed by atoms with Gasteiger partial charge in [-0.15, -0.1) is 0 Å². The maximum absolute atomic E-state index is 11.6. The Morgan fingerprint density at radius 1 is 1.40 bits per heavy atom. The zero-order chi connectivity index (χ0) is 15.2. The minimum absolute atomic E-state index is 0.248. The van der Waals surface area contributed by atoms with Crippen molar-refractivity contribution in [3.63, 3.8) is 0 Å². The van der Waals surface area contributed by atoms with Crippen LogP contribution in [0.1, 0.15) is 47.0 Å². The summed E-state index contributed by atoms with van der Waals surface area (Å²) in [5.74, 6) is 0. The van der Waals surface area contributed by atoms with Gasteiger partial charge in [-0.1, -0.05) is 6.42 Å². The van der Waals surface area contributed by atoms with Crippen LogP contribution in [0.15, 0.2) is 0 Å². The van der Waals surface area contributed by atoms with Gasteiger partial charge in [0.2, 0.25) is 0 Å². The number of piperidine rings is 1. The molecule has 1 heterocycles. The van der Waals surface area contributed by atoms with E-state index in [0.29, 0.717) is 12.6 Å². The van der Waals surface area contributed by atoms with Crippen molar-refractivity contribution in [3.05, 3.63) is 0 Å². The lowest BCUT2D eigenvalue weighted by Crippen LogP contribution is -2.48. The van der Waals surface area contributed by atoms with Crippen LogP contribution >= 0.6 is 0 Å². The number of alkyl carbamates (subject to hydrolysis) is 1. The topological polar surface area (TPSA) is 53.6 Å². The summed E-state index contributed by atoms with van der Waals surface area (Å²) in [6, 6.07) is 0.866. The van der Waals surface area contributed by atoms with E-state index in [1.807, 2.05) is 20.8 Å². The molecule has 0 spiro atoms. The minimum atomic E-state index is -0.439. The largest absolute Gasteiger partial charge is 0.444 e. The van der Waals surface area contributed by atoms with Crippen LogP contribution < -0.4 is 10.6 Å². The number of amides is 1. The molecule has 0 radical (unpaired) electrons. The molecule has 1 aliphatic rings. The van der Waals surface area contributed by atoms with Crippen molar-refractivity contribution in [2.45, 2.75) is 64.6 Å². The Bertz CT molecular complexity index is 302. The maximum atomic E-state index is 11.6. The third-order valence-corrected chi connectivity index (χ3v) is 3.57. The highest BCUT2D eigenvalue weighted by Gasteiger charge is 2.20. The highest BCUT2D eigenvalue weighted by atomic mass is 16.6. The Balaban J connectivity index is 2.16. The van der Waals surface area contributed by atoms with Crippen molar-refractivity contribution in [3.8, 4) is 0 Å². The van der Waals surface area contributed by atoms with Gasteiger partial charge in [0.1, 0.15) is 5.60 Å². The Morgan fingerprint density at radius 2 is 2.10 bits per heavy atom. The molecule has 1 amide bonds. The Morgan fingerprint density at radius 3 is 2.70 bits per heavy atom. The predicted molar refractivity (Wildman–Crippen MR) is 82.0 cm³/mol. The summed E-state index contributed by atoms with van der Waals surface area (Å²) in [6.45, 7) is 10.4. The van der Waals surface area contributed by atoms with Gasteiger partial charge in [0, 0.05) is 25.2 Å². The van der Waals surface area contributed by atoms with Crippen LogP contribution in [0, 0.1) is 0 Å². The van der Waals surface area contributed by atoms with E-state index in [2.05, 4.69) is 29.5 Å². The second kappa shape index (κ2) is 7.84. The first kappa shape index (κ1) is 17.2. The molecule has 5 nitrogen and oxygen atoms in total. The van der Waals surface area contributed by atoms with Crippen LogP contribution in [0.3, 0.4) is 0 Å². The molecular formula is C15H31N3O2. The van der Waals surface area contributed by atoms with Gasteiger partial charge in [-0.05, 0) is 54.1 Å². The Kier molecular flexibility index (Phi) is 6.76. The van der Waals surface area contributed by atoms with E-state index in [1.165, 1.54) is 25.8 Å². The summed E-state index contributed by atoms with van der Waals surface area (Å²) in [5.41, 5.74) is -0.439. The molecule has 20 heavy (non-hydrogen) atoms. The number of hydrogen-bond acceptors (Lipinski definition) is 4. The van der Waals surface area contributed by atoms with Crippen molar-refractivity contribution in [1.29, 1.82) is 0 Å². The highest BCUT2D eigenvalue weighted by Crippen LogP contribution is 2.14. The highest BCUT2D eigenvalue weighted by molar-refractivity contribution is 5.67.